The average Bonchev–Trinajstić information content (AvgIpc) is 2.10. The summed E-state index contributed by atoms with van der Waals surface area (Å²) in [5, 5.41) is 9.01. The standard InChI is InChI=1S/C9H16N2O/c1-11-5-3-9(7-10,4-6-11)8-12-2/h3-6,8H2,1-2H3. The molecular formula is C9H16N2O. The molecular weight excluding hydrogens is 152 g/mol. The van der Waals surface area contributed by atoms with Crippen molar-refractivity contribution in [1.82, 2.24) is 4.90 Å². The van der Waals surface area contributed by atoms with Crippen molar-refractivity contribution in [2.24, 2.45) is 5.41 Å². The predicted octanol–water partition coefficient (Wildman–Crippen LogP) is 0.868. The SMILES string of the molecule is COCC1(C#N)CCN(C)CC1. The highest BCUT2D eigenvalue weighted by atomic mass is 16.5. The zero-order valence-electron chi connectivity index (χ0n) is 7.84. The van der Waals surface area contributed by atoms with E-state index < -0.39 is 0 Å². The molecule has 0 bridgehead atoms. The second kappa shape index (κ2) is 3.88. The lowest BCUT2D eigenvalue weighted by molar-refractivity contribution is 0.0665. The van der Waals surface area contributed by atoms with Gasteiger partial charge in [-0.05, 0) is 33.0 Å². The van der Waals surface area contributed by atoms with E-state index in [2.05, 4.69) is 18.0 Å². The van der Waals surface area contributed by atoms with Gasteiger partial charge in [-0.15, -0.1) is 0 Å². The molecule has 1 fully saturated rings. The number of nitrogens with zero attached hydrogens (tertiary/aromatic N) is 2. The lowest BCUT2D eigenvalue weighted by atomic mass is 9.81. The fourth-order valence-corrected chi connectivity index (χ4v) is 1.61. The minimum Gasteiger partial charge on any atom is -0.383 e. The maximum absolute atomic E-state index is 9.01. The molecule has 0 unspecified atom stereocenters. The zero-order valence-corrected chi connectivity index (χ0v) is 7.84. The van der Waals surface area contributed by atoms with Gasteiger partial charge in [0, 0.05) is 7.11 Å². The van der Waals surface area contributed by atoms with Gasteiger partial charge in [-0.1, -0.05) is 0 Å². The van der Waals surface area contributed by atoms with E-state index in [0.717, 1.165) is 25.9 Å². The number of likely N-dealkylation sites (tertiary alicyclic amines) is 1. The van der Waals surface area contributed by atoms with E-state index in [9.17, 15) is 0 Å². The number of hydrogen-bond donors (Lipinski definition) is 0. The van der Waals surface area contributed by atoms with Gasteiger partial charge in [-0.2, -0.15) is 5.26 Å². The van der Waals surface area contributed by atoms with E-state index in [-0.39, 0.29) is 5.41 Å². The Morgan fingerprint density at radius 3 is 2.50 bits per heavy atom. The van der Waals surface area contributed by atoms with Crippen LogP contribution in [0.5, 0.6) is 0 Å². The molecule has 12 heavy (non-hydrogen) atoms. The number of methoxy groups -OCH3 is 1. The summed E-state index contributed by atoms with van der Waals surface area (Å²) in [5.74, 6) is 0. The smallest absolute Gasteiger partial charge is 0.0831 e. The molecule has 1 aliphatic rings. The first kappa shape index (κ1) is 9.50. The monoisotopic (exact) mass is 168 g/mol. The lowest BCUT2D eigenvalue weighted by Crippen LogP contribution is -2.39. The first-order valence-corrected chi connectivity index (χ1v) is 4.31. The van der Waals surface area contributed by atoms with Gasteiger partial charge in [0.15, 0.2) is 0 Å². The van der Waals surface area contributed by atoms with Crippen molar-refractivity contribution >= 4 is 0 Å². The van der Waals surface area contributed by atoms with Crippen molar-refractivity contribution in [3.63, 3.8) is 0 Å². The molecule has 68 valence electrons. The zero-order chi connectivity index (χ0) is 9.03. The molecule has 1 rings (SSSR count). The Bertz CT molecular complexity index is 177. The molecule has 0 saturated carbocycles. The summed E-state index contributed by atoms with van der Waals surface area (Å²) in [6.07, 6.45) is 1.88. The van der Waals surface area contributed by atoms with E-state index in [0.29, 0.717) is 6.61 Å². The maximum atomic E-state index is 9.01. The molecule has 0 amide bonds. The molecule has 0 aromatic carbocycles. The van der Waals surface area contributed by atoms with Crippen LogP contribution < -0.4 is 0 Å². The highest BCUT2D eigenvalue weighted by Gasteiger charge is 2.33. The summed E-state index contributed by atoms with van der Waals surface area (Å²) >= 11 is 0. The summed E-state index contributed by atoms with van der Waals surface area (Å²) in [6, 6.07) is 2.39. The van der Waals surface area contributed by atoms with Gasteiger partial charge >= 0.3 is 0 Å². The van der Waals surface area contributed by atoms with Gasteiger partial charge in [0.1, 0.15) is 0 Å². The van der Waals surface area contributed by atoms with Crippen LogP contribution in [0.3, 0.4) is 0 Å². The molecule has 0 aromatic heterocycles. The predicted molar refractivity (Wildman–Crippen MR) is 46.7 cm³/mol. The molecule has 1 saturated heterocycles. The average molecular weight is 168 g/mol. The van der Waals surface area contributed by atoms with Crippen LogP contribution in [-0.4, -0.2) is 38.8 Å². The topological polar surface area (TPSA) is 36.3 Å². The summed E-state index contributed by atoms with van der Waals surface area (Å²) in [5.41, 5.74) is -0.207. The van der Waals surface area contributed by atoms with E-state index >= 15 is 0 Å². The molecule has 0 spiro atoms. The first-order chi connectivity index (χ1) is 5.72. The molecule has 0 N–H and O–H groups in total. The van der Waals surface area contributed by atoms with Gasteiger partial charge in [0.2, 0.25) is 0 Å². The van der Waals surface area contributed by atoms with Crippen LogP contribution in [0.1, 0.15) is 12.8 Å². The third-order valence-electron chi connectivity index (χ3n) is 2.60. The molecule has 0 aliphatic carbocycles. The Morgan fingerprint density at radius 2 is 2.08 bits per heavy atom. The van der Waals surface area contributed by atoms with Crippen molar-refractivity contribution in [2.75, 3.05) is 33.9 Å². The quantitative estimate of drug-likeness (QED) is 0.613. The summed E-state index contributed by atoms with van der Waals surface area (Å²) in [6.45, 7) is 2.60. The lowest BCUT2D eigenvalue weighted by Gasteiger charge is -2.34. The minimum absolute atomic E-state index is 0.207. The summed E-state index contributed by atoms with van der Waals surface area (Å²) in [7, 11) is 3.76. The van der Waals surface area contributed by atoms with Crippen LogP contribution in [-0.2, 0) is 4.74 Å². The van der Waals surface area contributed by atoms with Crippen LogP contribution in [0.25, 0.3) is 0 Å². The first-order valence-electron chi connectivity index (χ1n) is 4.31. The molecule has 1 aliphatic heterocycles. The van der Waals surface area contributed by atoms with Crippen molar-refractivity contribution < 1.29 is 4.74 Å². The Balaban J connectivity index is 2.52. The number of nitriles is 1. The van der Waals surface area contributed by atoms with Gasteiger partial charge in [-0.25, -0.2) is 0 Å². The fourth-order valence-electron chi connectivity index (χ4n) is 1.61. The molecule has 0 atom stereocenters. The Hall–Kier alpha value is -0.590. The van der Waals surface area contributed by atoms with E-state index in [4.69, 9.17) is 10.00 Å². The molecule has 0 radical (unpaired) electrons. The van der Waals surface area contributed by atoms with Gasteiger partial charge < -0.3 is 9.64 Å². The number of ether oxygens (including phenoxy) is 1. The molecule has 3 nitrogen and oxygen atoms in total. The Kier molecular flexibility index (Phi) is 3.07. The Morgan fingerprint density at radius 1 is 1.50 bits per heavy atom. The van der Waals surface area contributed by atoms with Crippen LogP contribution in [0.4, 0.5) is 0 Å². The fraction of sp³-hybridized carbons (Fsp3) is 0.889. The summed E-state index contributed by atoms with van der Waals surface area (Å²) < 4.78 is 5.07. The number of piperidine rings is 1. The molecule has 1 heterocycles. The Labute approximate surface area is 73.9 Å². The van der Waals surface area contributed by atoms with Crippen molar-refractivity contribution in [1.29, 1.82) is 5.26 Å². The van der Waals surface area contributed by atoms with E-state index in [1.54, 1.807) is 7.11 Å². The third kappa shape index (κ3) is 1.96. The van der Waals surface area contributed by atoms with Gasteiger partial charge in [0.25, 0.3) is 0 Å². The van der Waals surface area contributed by atoms with Crippen LogP contribution in [0, 0.1) is 16.7 Å². The highest BCUT2D eigenvalue weighted by Crippen LogP contribution is 2.30. The molecule has 0 aromatic rings. The van der Waals surface area contributed by atoms with E-state index in [1.165, 1.54) is 0 Å². The largest absolute Gasteiger partial charge is 0.383 e. The number of hydrogen-bond acceptors (Lipinski definition) is 3. The number of rotatable bonds is 2. The van der Waals surface area contributed by atoms with Crippen molar-refractivity contribution in [3.05, 3.63) is 0 Å². The maximum Gasteiger partial charge on any atom is 0.0831 e. The third-order valence-corrected chi connectivity index (χ3v) is 2.60. The van der Waals surface area contributed by atoms with Crippen molar-refractivity contribution in [2.45, 2.75) is 12.8 Å². The van der Waals surface area contributed by atoms with Crippen LogP contribution in [0.2, 0.25) is 0 Å². The normalized spacial score (nSPS) is 23.4. The van der Waals surface area contributed by atoms with Crippen molar-refractivity contribution in [3.8, 4) is 6.07 Å². The van der Waals surface area contributed by atoms with E-state index in [1.807, 2.05) is 0 Å². The molecule has 3 heteroatoms. The van der Waals surface area contributed by atoms with Gasteiger partial charge in [-0.3, -0.25) is 0 Å². The second-order valence-corrected chi connectivity index (χ2v) is 3.63. The summed E-state index contributed by atoms with van der Waals surface area (Å²) in [4.78, 5) is 2.26. The van der Waals surface area contributed by atoms with Crippen LogP contribution >= 0.6 is 0 Å². The highest BCUT2D eigenvalue weighted by molar-refractivity contribution is 5.01. The second-order valence-electron chi connectivity index (χ2n) is 3.63. The minimum atomic E-state index is -0.207. The van der Waals surface area contributed by atoms with Gasteiger partial charge in [0.05, 0.1) is 18.1 Å². The van der Waals surface area contributed by atoms with Crippen LogP contribution in [0.15, 0.2) is 0 Å².